The highest BCUT2D eigenvalue weighted by Crippen LogP contribution is 2.18. The Balaban J connectivity index is 2.04. The van der Waals surface area contributed by atoms with Crippen molar-refractivity contribution in [1.29, 1.82) is 0 Å². The van der Waals surface area contributed by atoms with Gasteiger partial charge in [0.05, 0.1) is 0 Å². The maximum atomic E-state index is 12.2. The fourth-order valence-corrected chi connectivity index (χ4v) is 2.06. The molecule has 1 N–H and O–H groups in total. The lowest BCUT2D eigenvalue weighted by Gasteiger charge is -2.16. The van der Waals surface area contributed by atoms with Gasteiger partial charge < -0.3 is 10.2 Å². The Kier molecular flexibility index (Phi) is 5.47. The van der Waals surface area contributed by atoms with Crippen molar-refractivity contribution in [3.8, 4) is 0 Å². The van der Waals surface area contributed by atoms with Crippen LogP contribution in [0.25, 0.3) is 0 Å². The molecule has 0 aliphatic carbocycles. The molecule has 1 aromatic carbocycles. The minimum Gasteiger partial charge on any atom is -0.340 e. The minimum atomic E-state index is -0.0941. The Hall–Kier alpha value is -2.43. The average molecular weight is 298 g/mol. The summed E-state index contributed by atoms with van der Waals surface area (Å²) in [4.78, 5) is 13.9. The summed E-state index contributed by atoms with van der Waals surface area (Å²) in [7, 11) is 1.79. The quantitative estimate of drug-likeness (QED) is 0.888. The first-order chi connectivity index (χ1) is 10.6. The number of rotatable bonds is 6. The van der Waals surface area contributed by atoms with E-state index in [9.17, 15) is 4.79 Å². The van der Waals surface area contributed by atoms with E-state index in [-0.39, 0.29) is 5.91 Å². The van der Waals surface area contributed by atoms with Gasteiger partial charge in [-0.05, 0) is 37.1 Å². The summed E-state index contributed by atoms with van der Waals surface area (Å²) in [5.74, 6) is 0.533. The highest BCUT2D eigenvalue weighted by molar-refractivity contribution is 5.92. The van der Waals surface area contributed by atoms with Gasteiger partial charge in [-0.15, -0.1) is 10.2 Å². The van der Waals surface area contributed by atoms with E-state index >= 15 is 0 Å². The lowest BCUT2D eigenvalue weighted by Crippen LogP contribution is -2.28. The number of amides is 1. The SMILES string of the molecule is CCCCN(C)C(=O)c1ccc(Nc2ccccc2C)nn1. The molecule has 0 spiro atoms. The van der Waals surface area contributed by atoms with Gasteiger partial charge in [-0.1, -0.05) is 31.5 Å². The number of carbonyl (C=O) groups excluding carboxylic acids is 1. The molecule has 22 heavy (non-hydrogen) atoms. The van der Waals surface area contributed by atoms with Crippen molar-refractivity contribution >= 4 is 17.4 Å². The number of aryl methyl sites for hydroxylation is 1. The Bertz CT molecular complexity index is 625. The number of hydrogen-bond acceptors (Lipinski definition) is 4. The van der Waals surface area contributed by atoms with Crippen molar-refractivity contribution in [2.24, 2.45) is 0 Å². The molecule has 0 atom stereocenters. The molecule has 0 unspecified atom stereocenters. The molecular formula is C17H22N4O. The predicted molar refractivity (Wildman–Crippen MR) is 88.4 cm³/mol. The number of nitrogens with one attached hydrogen (secondary N) is 1. The molecule has 0 saturated heterocycles. The molecule has 5 heteroatoms. The van der Waals surface area contributed by atoms with Gasteiger partial charge in [0.2, 0.25) is 0 Å². The highest BCUT2D eigenvalue weighted by Gasteiger charge is 2.13. The van der Waals surface area contributed by atoms with Crippen molar-refractivity contribution in [1.82, 2.24) is 15.1 Å². The molecule has 0 saturated carbocycles. The zero-order chi connectivity index (χ0) is 15.9. The van der Waals surface area contributed by atoms with Crippen molar-refractivity contribution in [2.75, 3.05) is 18.9 Å². The lowest BCUT2D eigenvalue weighted by molar-refractivity contribution is 0.0786. The number of hydrogen-bond donors (Lipinski definition) is 1. The third-order valence-electron chi connectivity index (χ3n) is 3.49. The minimum absolute atomic E-state index is 0.0941. The highest BCUT2D eigenvalue weighted by atomic mass is 16.2. The first-order valence-electron chi connectivity index (χ1n) is 7.53. The summed E-state index contributed by atoms with van der Waals surface area (Å²) in [5, 5.41) is 11.3. The van der Waals surface area contributed by atoms with E-state index in [0.29, 0.717) is 11.5 Å². The summed E-state index contributed by atoms with van der Waals surface area (Å²) in [5.41, 5.74) is 2.48. The van der Waals surface area contributed by atoms with Gasteiger partial charge in [-0.3, -0.25) is 4.79 Å². The number of carbonyl (C=O) groups is 1. The molecule has 116 valence electrons. The van der Waals surface area contributed by atoms with E-state index in [2.05, 4.69) is 22.4 Å². The molecule has 0 aliphatic rings. The fourth-order valence-electron chi connectivity index (χ4n) is 2.06. The average Bonchev–Trinajstić information content (AvgIpc) is 2.55. The first-order valence-corrected chi connectivity index (χ1v) is 7.53. The molecule has 1 aromatic heterocycles. The van der Waals surface area contributed by atoms with Crippen LogP contribution in [-0.2, 0) is 0 Å². The van der Waals surface area contributed by atoms with Gasteiger partial charge in [0.15, 0.2) is 11.5 Å². The number of unbranched alkanes of at least 4 members (excludes halogenated alkanes) is 1. The maximum Gasteiger partial charge on any atom is 0.274 e. The van der Waals surface area contributed by atoms with Crippen LogP contribution < -0.4 is 5.32 Å². The first kappa shape index (κ1) is 15.9. The third kappa shape index (κ3) is 4.04. The van der Waals surface area contributed by atoms with Crippen LogP contribution in [0.1, 0.15) is 35.8 Å². The van der Waals surface area contributed by atoms with Crippen LogP contribution in [0.2, 0.25) is 0 Å². The molecule has 1 heterocycles. The van der Waals surface area contributed by atoms with Crippen LogP contribution in [0, 0.1) is 6.92 Å². The third-order valence-corrected chi connectivity index (χ3v) is 3.49. The summed E-state index contributed by atoms with van der Waals surface area (Å²) in [6.07, 6.45) is 2.05. The van der Waals surface area contributed by atoms with Crippen molar-refractivity contribution < 1.29 is 4.79 Å². The monoisotopic (exact) mass is 298 g/mol. The molecule has 0 radical (unpaired) electrons. The summed E-state index contributed by atoms with van der Waals surface area (Å²) in [6, 6.07) is 11.4. The number of nitrogens with zero attached hydrogens (tertiary/aromatic N) is 3. The number of benzene rings is 1. The number of anilines is 2. The summed E-state index contributed by atoms with van der Waals surface area (Å²) < 4.78 is 0. The van der Waals surface area contributed by atoms with Crippen molar-refractivity contribution in [3.05, 3.63) is 47.7 Å². The molecule has 2 rings (SSSR count). The number of aromatic nitrogens is 2. The normalized spacial score (nSPS) is 10.3. The van der Waals surface area contributed by atoms with Gasteiger partial charge >= 0.3 is 0 Å². The fraction of sp³-hybridized carbons (Fsp3) is 0.353. The maximum absolute atomic E-state index is 12.2. The second kappa shape index (κ2) is 7.54. The smallest absolute Gasteiger partial charge is 0.274 e. The molecule has 0 bridgehead atoms. The zero-order valence-corrected chi connectivity index (χ0v) is 13.3. The van der Waals surface area contributed by atoms with Crippen LogP contribution >= 0.6 is 0 Å². The Labute approximate surface area is 131 Å². The topological polar surface area (TPSA) is 58.1 Å². The van der Waals surface area contributed by atoms with E-state index in [1.165, 1.54) is 0 Å². The van der Waals surface area contributed by atoms with Gasteiger partial charge in [0, 0.05) is 19.3 Å². The Morgan fingerprint density at radius 2 is 1.95 bits per heavy atom. The van der Waals surface area contributed by atoms with E-state index in [4.69, 9.17) is 0 Å². The molecule has 0 fully saturated rings. The Morgan fingerprint density at radius 1 is 1.18 bits per heavy atom. The molecular weight excluding hydrogens is 276 g/mol. The van der Waals surface area contributed by atoms with Crippen molar-refractivity contribution in [3.63, 3.8) is 0 Å². The van der Waals surface area contributed by atoms with E-state index in [0.717, 1.165) is 30.6 Å². The summed E-state index contributed by atoms with van der Waals surface area (Å²) in [6.45, 7) is 4.86. The van der Waals surface area contributed by atoms with Crippen LogP contribution in [0.15, 0.2) is 36.4 Å². The van der Waals surface area contributed by atoms with Gasteiger partial charge in [-0.2, -0.15) is 0 Å². The van der Waals surface area contributed by atoms with E-state index < -0.39 is 0 Å². The van der Waals surface area contributed by atoms with E-state index in [1.54, 1.807) is 24.1 Å². The number of para-hydroxylation sites is 1. The van der Waals surface area contributed by atoms with Crippen LogP contribution in [0.3, 0.4) is 0 Å². The second-order valence-corrected chi connectivity index (χ2v) is 5.32. The van der Waals surface area contributed by atoms with Gasteiger partial charge in [0.1, 0.15) is 0 Å². The molecule has 0 aliphatic heterocycles. The van der Waals surface area contributed by atoms with Crippen LogP contribution in [0.4, 0.5) is 11.5 Å². The van der Waals surface area contributed by atoms with Crippen LogP contribution in [0.5, 0.6) is 0 Å². The zero-order valence-electron chi connectivity index (χ0n) is 13.3. The Morgan fingerprint density at radius 3 is 2.59 bits per heavy atom. The predicted octanol–water partition coefficient (Wildman–Crippen LogP) is 3.40. The van der Waals surface area contributed by atoms with Crippen LogP contribution in [-0.4, -0.2) is 34.6 Å². The van der Waals surface area contributed by atoms with Crippen molar-refractivity contribution in [2.45, 2.75) is 26.7 Å². The summed E-state index contributed by atoms with van der Waals surface area (Å²) >= 11 is 0. The molecule has 2 aromatic rings. The standard InChI is InChI=1S/C17H22N4O/c1-4-5-12-21(3)17(22)15-10-11-16(20-19-15)18-14-9-7-6-8-13(14)2/h6-11H,4-5,12H2,1-3H3,(H,18,20). The van der Waals surface area contributed by atoms with Gasteiger partial charge in [-0.25, -0.2) is 0 Å². The molecule has 5 nitrogen and oxygen atoms in total. The molecule has 1 amide bonds. The lowest BCUT2D eigenvalue weighted by atomic mass is 10.2. The van der Waals surface area contributed by atoms with E-state index in [1.807, 2.05) is 31.2 Å². The van der Waals surface area contributed by atoms with Gasteiger partial charge in [0.25, 0.3) is 5.91 Å². The second-order valence-electron chi connectivity index (χ2n) is 5.32. The largest absolute Gasteiger partial charge is 0.340 e.